The van der Waals surface area contributed by atoms with Crippen LogP contribution in [0.3, 0.4) is 0 Å². The molecule has 0 bridgehead atoms. The summed E-state index contributed by atoms with van der Waals surface area (Å²) in [4.78, 5) is 18.7. The summed E-state index contributed by atoms with van der Waals surface area (Å²) in [5.74, 6) is -0.277. The zero-order valence-electron chi connectivity index (χ0n) is 13.6. The second-order valence-corrected chi connectivity index (χ2v) is 6.06. The van der Waals surface area contributed by atoms with Crippen molar-refractivity contribution in [2.75, 3.05) is 4.90 Å². The predicted octanol–water partition coefficient (Wildman–Crippen LogP) is 5.03. The van der Waals surface area contributed by atoms with E-state index >= 15 is 0 Å². The molecule has 0 saturated heterocycles. The van der Waals surface area contributed by atoms with Gasteiger partial charge < -0.3 is 0 Å². The van der Waals surface area contributed by atoms with E-state index in [1.807, 2.05) is 19.1 Å². The molecule has 1 aromatic heterocycles. The SMILES string of the molecule is Cc1cccc(C(=O)N(Cc2c(F)cccc2Cl)c2ccccn2)c1. The van der Waals surface area contributed by atoms with Gasteiger partial charge >= 0.3 is 0 Å². The maximum Gasteiger partial charge on any atom is 0.259 e. The first-order valence-electron chi connectivity index (χ1n) is 7.78. The van der Waals surface area contributed by atoms with Crippen LogP contribution in [0.2, 0.25) is 5.02 Å². The van der Waals surface area contributed by atoms with E-state index in [9.17, 15) is 9.18 Å². The maximum absolute atomic E-state index is 14.2. The minimum absolute atomic E-state index is 0.00467. The molecule has 0 saturated carbocycles. The minimum atomic E-state index is -0.453. The molecule has 0 N–H and O–H groups in total. The standard InChI is InChI=1S/C20H16ClFN2O/c1-14-6-4-7-15(12-14)20(25)24(19-10-2-3-11-23-19)13-16-17(21)8-5-9-18(16)22/h2-12H,13H2,1H3. The predicted molar refractivity (Wildman–Crippen MR) is 97.3 cm³/mol. The van der Waals surface area contributed by atoms with E-state index in [0.717, 1.165) is 5.56 Å². The number of halogens is 2. The number of hydrogen-bond donors (Lipinski definition) is 0. The monoisotopic (exact) mass is 354 g/mol. The summed E-state index contributed by atoms with van der Waals surface area (Å²) in [6.45, 7) is 1.91. The van der Waals surface area contributed by atoms with E-state index in [-0.39, 0.29) is 23.0 Å². The summed E-state index contributed by atoms with van der Waals surface area (Å²) in [5.41, 5.74) is 1.74. The average Bonchev–Trinajstić information content (AvgIpc) is 2.62. The molecule has 0 radical (unpaired) electrons. The van der Waals surface area contributed by atoms with Crippen molar-refractivity contribution in [1.82, 2.24) is 4.98 Å². The molecule has 1 amide bonds. The van der Waals surface area contributed by atoms with E-state index in [2.05, 4.69) is 4.98 Å². The molecule has 0 aliphatic rings. The Morgan fingerprint density at radius 3 is 2.60 bits per heavy atom. The zero-order valence-corrected chi connectivity index (χ0v) is 14.4. The first-order chi connectivity index (χ1) is 12.1. The van der Waals surface area contributed by atoms with Crippen LogP contribution in [0, 0.1) is 12.7 Å². The Morgan fingerprint density at radius 2 is 1.92 bits per heavy atom. The van der Waals surface area contributed by atoms with Gasteiger partial charge in [-0.15, -0.1) is 0 Å². The van der Waals surface area contributed by atoms with Gasteiger partial charge in [0.25, 0.3) is 5.91 Å². The summed E-state index contributed by atoms with van der Waals surface area (Å²) < 4.78 is 14.2. The quantitative estimate of drug-likeness (QED) is 0.658. The van der Waals surface area contributed by atoms with Gasteiger partial charge in [-0.1, -0.05) is 41.4 Å². The fourth-order valence-corrected chi connectivity index (χ4v) is 2.77. The van der Waals surface area contributed by atoms with Crippen LogP contribution in [-0.4, -0.2) is 10.9 Å². The van der Waals surface area contributed by atoms with Crippen LogP contribution in [-0.2, 0) is 6.54 Å². The number of hydrogen-bond acceptors (Lipinski definition) is 2. The van der Waals surface area contributed by atoms with Crippen LogP contribution in [0.4, 0.5) is 10.2 Å². The summed E-state index contributed by atoms with van der Waals surface area (Å²) >= 11 is 6.14. The molecular formula is C20H16ClFN2O. The molecule has 3 nitrogen and oxygen atoms in total. The second kappa shape index (κ2) is 7.45. The molecule has 3 rings (SSSR count). The van der Waals surface area contributed by atoms with Gasteiger partial charge in [0.2, 0.25) is 0 Å². The molecule has 0 spiro atoms. The number of aryl methyl sites for hydroxylation is 1. The van der Waals surface area contributed by atoms with Crippen molar-refractivity contribution in [3.63, 3.8) is 0 Å². The Bertz CT molecular complexity index is 879. The number of anilines is 1. The van der Waals surface area contributed by atoms with Gasteiger partial charge in [-0.05, 0) is 43.3 Å². The lowest BCUT2D eigenvalue weighted by Gasteiger charge is -2.23. The van der Waals surface area contributed by atoms with Crippen molar-refractivity contribution in [3.05, 3.63) is 94.4 Å². The molecule has 25 heavy (non-hydrogen) atoms. The third kappa shape index (κ3) is 3.86. The fraction of sp³-hybridized carbons (Fsp3) is 0.100. The van der Waals surface area contributed by atoms with E-state index in [1.54, 1.807) is 42.6 Å². The van der Waals surface area contributed by atoms with Crippen molar-refractivity contribution in [2.45, 2.75) is 13.5 Å². The Hall–Kier alpha value is -2.72. The van der Waals surface area contributed by atoms with Crippen molar-refractivity contribution in [1.29, 1.82) is 0 Å². The van der Waals surface area contributed by atoms with Gasteiger partial charge in [0.05, 0.1) is 6.54 Å². The van der Waals surface area contributed by atoms with Gasteiger partial charge in [0, 0.05) is 22.3 Å². The van der Waals surface area contributed by atoms with Crippen LogP contribution in [0.25, 0.3) is 0 Å². The van der Waals surface area contributed by atoms with Crippen molar-refractivity contribution < 1.29 is 9.18 Å². The molecule has 2 aromatic carbocycles. The van der Waals surface area contributed by atoms with E-state index in [0.29, 0.717) is 11.4 Å². The van der Waals surface area contributed by atoms with E-state index in [1.165, 1.54) is 17.0 Å². The first kappa shape index (κ1) is 17.1. The zero-order chi connectivity index (χ0) is 17.8. The van der Waals surface area contributed by atoms with E-state index < -0.39 is 5.82 Å². The number of aromatic nitrogens is 1. The fourth-order valence-electron chi connectivity index (χ4n) is 2.55. The third-order valence-corrected chi connectivity index (χ3v) is 4.17. The smallest absolute Gasteiger partial charge is 0.259 e. The highest BCUT2D eigenvalue weighted by Gasteiger charge is 2.22. The number of carbonyl (C=O) groups excluding carboxylic acids is 1. The van der Waals surface area contributed by atoms with Crippen LogP contribution >= 0.6 is 11.6 Å². The van der Waals surface area contributed by atoms with Gasteiger partial charge in [-0.3, -0.25) is 9.69 Å². The normalized spacial score (nSPS) is 10.5. The van der Waals surface area contributed by atoms with Crippen LogP contribution in [0.5, 0.6) is 0 Å². The molecule has 3 aromatic rings. The molecular weight excluding hydrogens is 339 g/mol. The number of carbonyl (C=O) groups is 1. The number of nitrogens with zero attached hydrogens (tertiary/aromatic N) is 2. The second-order valence-electron chi connectivity index (χ2n) is 5.65. The molecule has 0 aliphatic heterocycles. The first-order valence-corrected chi connectivity index (χ1v) is 8.16. The van der Waals surface area contributed by atoms with Gasteiger partial charge in [0.1, 0.15) is 11.6 Å². The molecule has 5 heteroatoms. The lowest BCUT2D eigenvalue weighted by molar-refractivity contribution is 0.0984. The number of benzene rings is 2. The maximum atomic E-state index is 14.2. The van der Waals surface area contributed by atoms with Gasteiger partial charge in [0.15, 0.2) is 0 Å². The summed E-state index contributed by atoms with van der Waals surface area (Å²) in [6.07, 6.45) is 1.59. The Kier molecular flexibility index (Phi) is 5.10. The minimum Gasteiger partial charge on any atom is -0.288 e. The number of amides is 1. The van der Waals surface area contributed by atoms with Crippen molar-refractivity contribution >= 4 is 23.3 Å². The lowest BCUT2D eigenvalue weighted by atomic mass is 10.1. The van der Waals surface area contributed by atoms with E-state index in [4.69, 9.17) is 11.6 Å². The van der Waals surface area contributed by atoms with Crippen molar-refractivity contribution in [2.24, 2.45) is 0 Å². The van der Waals surface area contributed by atoms with Crippen LogP contribution in [0.15, 0.2) is 66.9 Å². The molecule has 0 unspecified atom stereocenters. The molecule has 0 fully saturated rings. The summed E-state index contributed by atoms with van der Waals surface area (Å²) in [5, 5.41) is 0.276. The molecule has 0 atom stereocenters. The van der Waals surface area contributed by atoms with Crippen LogP contribution < -0.4 is 4.90 Å². The Balaban J connectivity index is 2.03. The number of rotatable bonds is 4. The highest BCUT2D eigenvalue weighted by molar-refractivity contribution is 6.31. The van der Waals surface area contributed by atoms with Crippen LogP contribution in [0.1, 0.15) is 21.5 Å². The Morgan fingerprint density at radius 1 is 1.12 bits per heavy atom. The summed E-state index contributed by atoms with van der Waals surface area (Å²) in [6, 6.07) is 17.0. The Labute approximate surface area is 150 Å². The van der Waals surface area contributed by atoms with Gasteiger partial charge in [-0.2, -0.15) is 0 Å². The lowest BCUT2D eigenvalue weighted by Crippen LogP contribution is -2.31. The number of pyridine rings is 1. The highest BCUT2D eigenvalue weighted by Crippen LogP contribution is 2.24. The van der Waals surface area contributed by atoms with Gasteiger partial charge in [-0.25, -0.2) is 9.37 Å². The summed E-state index contributed by atoms with van der Waals surface area (Å²) in [7, 11) is 0. The molecule has 1 heterocycles. The third-order valence-electron chi connectivity index (χ3n) is 3.81. The topological polar surface area (TPSA) is 33.2 Å². The molecule has 0 aliphatic carbocycles. The highest BCUT2D eigenvalue weighted by atomic mass is 35.5. The molecule has 126 valence electrons. The largest absolute Gasteiger partial charge is 0.288 e. The van der Waals surface area contributed by atoms with Crippen molar-refractivity contribution in [3.8, 4) is 0 Å². The average molecular weight is 355 g/mol.